The highest BCUT2D eigenvalue weighted by molar-refractivity contribution is 7.15. The minimum absolute atomic E-state index is 0.00931. The first-order valence-electron chi connectivity index (χ1n) is 16.0. The number of aryl methyl sites for hydroxylation is 2. The van der Waals surface area contributed by atoms with Gasteiger partial charge in [0.25, 0.3) is 11.8 Å². The van der Waals surface area contributed by atoms with Crippen LogP contribution >= 0.6 is 22.9 Å². The summed E-state index contributed by atoms with van der Waals surface area (Å²) >= 11 is 7.86. The van der Waals surface area contributed by atoms with Crippen molar-refractivity contribution >= 4 is 63.7 Å². The second kappa shape index (κ2) is 12.8. The largest absolute Gasteiger partial charge is 0.384 e. The lowest BCUT2D eigenvalue weighted by Gasteiger charge is -2.27. The molecular formula is C35H32ClN7O5S. The number of nitrogens with zero attached hydrogens (tertiary/aromatic N) is 5. The van der Waals surface area contributed by atoms with Gasteiger partial charge in [0.15, 0.2) is 5.82 Å². The van der Waals surface area contributed by atoms with Gasteiger partial charge in [0.2, 0.25) is 11.8 Å². The summed E-state index contributed by atoms with van der Waals surface area (Å²) in [6.45, 7) is 6.41. The molecule has 2 aromatic carbocycles. The van der Waals surface area contributed by atoms with Crippen LogP contribution in [-0.2, 0) is 14.4 Å². The van der Waals surface area contributed by atoms with Gasteiger partial charge in [-0.1, -0.05) is 29.8 Å². The molecule has 3 aliphatic rings. The van der Waals surface area contributed by atoms with E-state index < -0.39 is 35.7 Å². The second-order valence-corrected chi connectivity index (χ2v) is 14.0. The second-order valence-electron chi connectivity index (χ2n) is 12.4. The average Bonchev–Trinajstić information content (AvgIpc) is 3.65. The molecule has 0 bridgehead atoms. The van der Waals surface area contributed by atoms with E-state index in [1.165, 1.54) is 0 Å². The van der Waals surface area contributed by atoms with Crippen molar-refractivity contribution in [3.8, 4) is 5.00 Å². The number of imide groups is 2. The number of nitrogens with one attached hydrogen (secondary N) is 2. The molecule has 7 rings (SSSR count). The molecule has 2 atom stereocenters. The summed E-state index contributed by atoms with van der Waals surface area (Å²) < 4.78 is 2.01. The van der Waals surface area contributed by atoms with E-state index in [1.54, 1.807) is 29.5 Å². The lowest BCUT2D eigenvalue weighted by molar-refractivity contribution is -0.136. The van der Waals surface area contributed by atoms with Crippen LogP contribution < -0.4 is 10.6 Å². The maximum atomic E-state index is 13.5. The van der Waals surface area contributed by atoms with Gasteiger partial charge in [0.1, 0.15) is 28.7 Å². The Morgan fingerprint density at radius 2 is 1.80 bits per heavy atom. The molecular weight excluding hydrogens is 666 g/mol. The number of carbonyl (C=O) groups excluding carboxylic acids is 5. The molecule has 14 heteroatoms. The topological polar surface area (TPSA) is 156 Å². The van der Waals surface area contributed by atoms with E-state index in [1.807, 2.05) is 35.8 Å². The molecule has 49 heavy (non-hydrogen) atoms. The van der Waals surface area contributed by atoms with Crippen molar-refractivity contribution in [2.45, 2.75) is 65.0 Å². The molecule has 250 valence electrons. The highest BCUT2D eigenvalue weighted by Gasteiger charge is 2.45. The van der Waals surface area contributed by atoms with Crippen LogP contribution in [-0.4, -0.2) is 67.4 Å². The lowest BCUT2D eigenvalue weighted by atomic mass is 9.99. The van der Waals surface area contributed by atoms with E-state index >= 15 is 0 Å². The van der Waals surface area contributed by atoms with Gasteiger partial charge in [-0.25, -0.2) is 0 Å². The molecule has 5 heterocycles. The Morgan fingerprint density at radius 1 is 1.02 bits per heavy atom. The Kier molecular flexibility index (Phi) is 8.49. The van der Waals surface area contributed by atoms with Crippen LogP contribution in [0.5, 0.6) is 0 Å². The van der Waals surface area contributed by atoms with E-state index in [2.05, 4.69) is 34.7 Å². The smallest absolute Gasteiger partial charge is 0.264 e. The molecule has 3 aliphatic heterocycles. The number of hydrogen-bond acceptors (Lipinski definition) is 10. The summed E-state index contributed by atoms with van der Waals surface area (Å²) in [5.41, 5.74) is 4.59. The van der Waals surface area contributed by atoms with Crippen molar-refractivity contribution in [2.24, 2.45) is 4.99 Å². The molecule has 0 spiro atoms. The summed E-state index contributed by atoms with van der Waals surface area (Å²) in [5, 5.41) is 15.8. The molecule has 4 aromatic rings. The quantitative estimate of drug-likeness (QED) is 0.182. The zero-order chi connectivity index (χ0) is 34.6. The number of hydrogen-bond donors (Lipinski definition) is 2. The number of benzene rings is 2. The standard InChI is InChI=1S/C35H32ClN7O5S/c1-17-18(2)49-35-28(17)30(20-9-11-21(36)12-10-20)38-25(31-41-40-19(3)42(31)35)16-22(44)6-5-15-37-24-8-4-7-23-29(24)34(48)43(33(23)47)26-13-14-27(45)39-32(26)46/h4,7-12,25-26,37H,5-6,13-16H2,1-3H3,(H,39,45,46). The SMILES string of the molecule is Cc1sc2c(c1C)C(c1ccc(Cl)cc1)=NC(CC(=O)CCCNc1cccc3c1C(=O)N(C1CCC(=O)NC1=O)C3=O)c1nnc(C)n1-2. The average molecular weight is 698 g/mol. The van der Waals surface area contributed by atoms with Crippen LogP contribution in [0.3, 0.4) is 0 Å². The van der Waals surface area contributed by atoms with Gasteiger partial charge in [0.05, 0.1) is 16.8 Å². The molecule has 2 N–H and O–H groups in total. The van der Waals surface area contributed by atoms with Gasteiger partial charge in [-0.05, 0) is 63.4 Å². The number of rotatable bonds is 9. The molecule has 2 unspecified atom stereocenters. The van der Waals surface area contributed by atoms with Crippen molar-refractivity contribution in [2.75, 3.05) is 11.9 Å². The third-order valence-corrected chi connectivity index (χ3v) is 10.6. The molecule has 1 saturated heterocycles. The molecule has 1 fully saturated rings. The first-order chi connectivity index (χ1) is 23.5. The zero-order valence-corrected chi connectivity index (χ0v) is 28.6. The number of fused-ring (bicyclic) bond motifs is 4. The number of anilines is 1. The van der Waals surface area contributed by atoms with Gasteiger partial charge in [-0.15, -0.1) is 21.5 Å². The van der Waals surface area contributed by atoms with Crippen molar-refractivity contribution in [1.29, 1.82) is 0 Å². The minimum Gasteiger partial charge on any atom is -0.384 e. The normalized spacial score (nSPS) is 18.4. The highest BCUT2D eigenvalue weighted by Crippen LogP contribution is 2.40. The van der Waals surface area contributed by atoms with Crippen molar-refractivity contribution in [1.82, 2.24) is 25.0 Å². The van der Waals surface area contributed by atoms with Crippen LogP contribution in [0, 0.1) is 20.8 Å². The fourth-order valence-corrected chi connectivity index (χ4v) is 7.96. The van der Waals surface area contributed by atoms with Crippen LogP contribution in [0.4, 0.5) is 5.69 Å². The monoisotopic (exact) mass is 697 g/mol. The van der Waals surface area contributed by atoms with Crippen LogP contribution in [0.2, 0.25) is 5.02 Å². The molecule has 0 radical (unpaired) electrons. The number of aliphatic imine (C=N–C) groups is 1. The van der Waals surface area contributed by atoms with Gasteiger partial charge in [0, 0.05) is 52.5 Å². The van der Waals surface area contributed by atoms with Gasteiger partial charge < -0.3 is 5.32 Å². The van der Waals surface area contributed by atoms with E-state index in [0.29, 0.717) is 35.3 Å². The summed E-state index contributed by atoms with van der Waals surface area (Å²) in [6.07, 6.45) is 0.948. The number of Topliss-reactive ketones (excluding diaryl/α,β-unsaturated/α-hetero) is 1. The fourth-order valence-electron chi connectivity index (χ4n) is 6.62. The van der Waals surface area contributed by atoms with E-state index in [-0.39, 0.29) is 42.6 Å². The van der Waals surface area contributed by atoms with E-state index in [4.69, 9.17) is 16.6 Å². The number of piperidine rings is 1. The third kappa shape index (κ3) is 5.76. The summed E-state index contributed by atoms with van der Waals surface area (Å²) in [7, 11) is 0. The predicted molar refractivity (Wildman–Crippen MR) is 184 cm³/mol. The van der Waals surface area contributed by atoms with E-state index in [9.17, 15) is 24.0 Å². The molecule has 4 amide bonds. The highest BCUT2D eigenvalue weighted by atomic mass is 35.5. The maximum Gasteiger partial charge on any atom is 0.264 e. The Hall–Kier alpha value is -5.01. The number of carbonyl (C=O) groups is 5. The predicted octanol–water partition coefficient (Wildman–Crippen LogP) is 5.05. The van der Waals surface area contributed by atoms with Crippen molar-refractivity contribution in [3.05, 3.63) is 91.8 Å². The number of thiophene rings is 1. The van der Waals surface area contributed by atoms with E-state index in [0.717, 1.165) is 37.2 Å². The number of ketones is 1. The zero-order valence-electron chi connectivity index (χ0n) is 27.0. The Bertz CT molecular complexity index is 2100. The third-order valence-electron chi connectivity index (χ3n) is 9.19. The van der Waals surface area contributed by atoms with Crippen molar-refractivity contribution < 1.29 is 24.0 Å². The van der Waals surface area contributed by atoms with Gasteiger partial charge >= 0.3 is 0 Å². The number of halogens is 1. The first kappa shape index (κ1) is 32.5. The minimum atomic E-state index is -1.05. The van der Waals surface area contributed by atoms with Gasteiger partial charge in [-0.2, -0.15) is 0 Å². The maximum absolute atomic E-state index is 13.5. The van der Waals surface area contributed by atoms with Crippen molar-refractivity contribution in [3.63, 3.8) is 0 Å². The number of aromatic nitrogens is 3. The number of amides is 4. The van der Waals surface area contributed by atoms with Crippen LogP contribution in [0.15, 0.2) is 47.5 Å². The van der Waals surface area contributed by atoms with Crippen LogP contribution in [0.25, 0.3) is 5.00 Å². The molecule has 0 aliphatic carbocycles. The fraction of sp³-hybridized carbons (Fsp3) is 0.314. The summed E-state index contributed by atoms with van der Waals surface area (Å²) in [5.74, 6) is -0.935. The Labute approximate surface area is 290 Å². The Morgan fingerprint density at radius 3 is 2.55 bits per heavy atom. The van der Waals surface area contributed by atoms with Gasteiger partial charge in [-0.3, -0.25) is 43.7 Å². The summed E-state index contributed by atoms with van der Waals surface area (Å²) in [6, 6.07) is 10.8. The molecule has 12 nitrogen and oxygen atoms in total. The first-order valence-corrected chi connectivity index (χ1v) is 17.2. The molecule has 0 saturated carbocycles. The Balaban J connectivity index is 1.06. The lowest BCUT2D eigenvalue weighted by Crippen LogP contribution is -2.54. The molecule has 2 aromatic heterocycles. The van der Waals surface area contributed by atoms with Crippen LogP contribution in [0.1, 0.15) is 92.1 Å². The summed E-state index contributed by atoms with van der Waals surface area (Å²) in [4.78, 5) is 71.4.